The number of aromatic nitrogens is 1. The third-order valence-electron chi connectivity index (χ3n) is 5.37. The summed E-state index contributed by atoms with van der Waals surface area (Å²) < 4.78 is 0. The first kappa shape index (κ1) is 20.9. The van der Waals surface area contributed by atoms with Crippen LogP contribution in [0.1, 0.15) is 53.7 Å². The van der Waals surface area contributed by atoms with Crippen molar-refractivity contribution in [3.05, 3.63) is 41.1 Å². The number of piperidine rings is 1. The van der Waals surface area contributed by atoms with Crippen molar-refractivity contribution < 1.29 is 4.79 Å². The summed E-state index contributed by atoms with van der Waals surface area (Å²) >= 11 is 0. The van der Waals surface area contributed by atoms with Gasteiger partial charge in [0.2, 0.25) is 0 Å². The summed E-state index contributed by atoms with van der Waals surface area (Å²) in [5.41, 5.74) is 3.95. The lowest BCUT2D eigenvalue weighted by atomic mass is 9.94. The first-order chi connectivity index (χ1) is 11.6. The number of halogens is 2. The quantitative estimate of drug-likeness (QED) is 0.825. The molecule has 2 atom stereocenters. The Morgan fingerprint density at radius 2 is 1.96 bits per heavy atom. The number of hydrogen-bond acceptors (Lipinski definition) is 3. The number of fused-ring (bicyclic) bond motifs is 1. The molecular formula is C20H27Cl2N3O. The van der Waals surface area contributed by atoms with Gasteiger partial charge in [-0.25, -0.2) is 0 Å². The second-order valence-electron chi connectivity index (χ2n) is 7.44. The van der Waals surface area contributed by atoms with Gasteiger partial charge in [-0.2, -0.15) is 0 Å². The lowest BCUT2D eigenvalue weighted by molar-refractivity contribution is 0.0917. The standard InChI is InChI=1S/C20H25N3O.2ClH/c1-12-3-6-17-15(9-12)16(10-18(22-17)14-4-5-14)20(24)23-19-11-21-8-7-13(19)2;;/h3,6,9-10,13-14,19,21H,4-5,7-8,11H2,1-2H3,(H,23,24);2*1H. The predicted octanol–water partition coefficient (Wildman–Crippen LogP) is 3.99. The van der Waals surface area contributed by atoms with Crippen LogP contribution in [0.25, 0.3) is 10.9 Å². The number of pyridine rings is 1. The van der Waals surface area contributed by atoms with Crippen molar-refractivity contribution in [2.75, 3.05) is 13.1 Å². The average Bonchev–Trinajstić information content (AvgIpc) is 3.41. The second-order valence-corrected chi connectivity index (χ2v) is 7.44. The largest absolute Gasteiger partial charge is 0.348 e. The van der Waals surface area contributed by atoms with Gasteiger partial charge in [-0.3, -0.25) is 9.78 Å². The molecule has 2 aromatic rings. The molecule has 2 heterocycles. The average molecular weight is 396 g/mol. The molecule has 0 radical (unpaired) electrons. The molecule has 1 saturated carbocycles. The second kappa shape index (κ2) is 8.55. The summed E-state index contributed by atoms with van der Waals surface area (Å²) in [5.74, 6) is 1.08. The molecule has 2 fully saturated rings. The van der Waals surface area contributed by atoms with Crippen LogP contribution in [0.15, 0.2) is 24.3 Å². The van der Waals surface area contributed by atoms with Crippen molar-refractivity contribution in [2.24, 2.45) is 5.92 Å². The maximum Gasteiger partial charge on any atom is 0.252 e. The summed E-state index contributed by atoms with van der Waals surface area (Å²) in [5, 5.41) is 7.60. The molecule has 4 rings (SSSR count). The number of aryl methyl sites for hydroxylation is 1. The third-order valence-corrected chi connectivity index (χ3v) is 5.37. The molecule has 26 heavy (non-hydrogen) atoms. The Hall–Kier alpha value is -1.36. The molecule has 1 amide bonds. The van der Waals surface area contributed by atoms with E-state index in [1.54, 1.807) is 0 Å². The molecular weight excluding hydrogens is 369 g/mol. The van der Waals surface area contributed by atoms with E-state index < -0.39 is 0 Å². The topological polar surface area (TPSA) is 54.0 Å². The van der Waals surface area contributed by atoms with Crippen molar-refractivity contribution in [3.63, 3.8) is 0 Å². The van der Waals surface area contributed by atoms with Crippen LogP contribution in [0, 0.1) is 12.8 Å². The number of amides is 1. The number of nitrogens with zero attached hydrogens (tertiary/aromatic N) is 1. The molecule has 142 valence electrons. The lowest BCUT2D eigenvalue weighted by Gasteiger charge is -2.30. The Kier molecular flexibility index (Phi) is 6.89. The number of carbonyl (C=O) groups is 1. The molecule has 1 aliphatic heterocycles. The summed E-state index contributed by atoms with van der Waals surface area (Å²) in [6.45, 7) is 6.17. The molecule has 6 heteroatoms. The number of benzene rings is 1. The summed E-state index contributed by atoms with van der Waals surface area (Å²) in [6.07, 6.45) is 3.48. The van der Waals surface area contributed by atoms with Crippen molar-refractivity contribution in [3.8, 4) is 0 Å². The van der Waals surface area contributed by atoms with E-state index in [0.29, 0.717) is 11.8 Å². The van der Waals surface area contributed by atoms with Crippen LogP contribution in [-0.2, 0) is 0 Å². The number of nitrogens with one attached hydrogen (secondary N) is 2. The van der Waals surface area contributed by atoms with Crippen LogP contribution in [-0.4, -0.2) is 30.0 Å². The fourth-order valence-electron chi connectivity index (χ4n) is 3.57. The van der Waals surface area contributed by atoms with Crippen LogP contribution >= 0.6 is 24.8 Å². The summed E-state index contributed by atoms with van der Waals surface area (Å²) in [4.78, 5) is 17.8. The minimum atomic E-state index is 0. The normalized spacial score (nSPS) is 22.2. The van der Waals surface area contributed by atoms with Gasteiger partial charge in [0.25, 0.3) is 5.91 Å². The molecule has 1 saturated heterocycles. The van der Waals surface area contributed by atoms with E-state index in [-0.39, 0.29) is 36.8 Å². The highest BCUT2D eigenvalue weighted by molar-refractivity contribution is 6.06. The molecule has 2 unspecified atom stereocenters. The molecule has 2 N–H and O–H groups in total. The zero-order valence-electron chi connectivity index (χ0n) is 15.2. The Balaban J connectivity index is 0.00000121. The monoisotopic (exact) mass is 395 g/mol. The van der Waals surface area contributed by atoms with Crippen LogP contribution in [0.2, 0.25) is 0 Å². The Labute approximate surface area is 167 Å². The first-order valence-corrected chi connectivity index (χ1v) is 9.04. The molecule has 1 aromatic heterocycles. The molecule has 0 spiro atoms. The van der Waals surface area contributed by atoms with E-state index in [0.717, 1.165) is 47.2 Å². The molecule has 2 aliphatic rings. The van der Waals surface area contributed by atoms with E-state index in [1.807, 2.05) is 12.1 Å². The molecule has 4 nitrogen and oxygen atoms in total. The summed E-state index contributed by atoms with van der Waals surface area (Å²) in [6, 6.07) is 8.41. The highest BCUT2D eigenvalue weighted by Crippen LogP contribution is 2.40. The summed E-state index contributed by atoms with van der Waals surface area (Å²) in [7, 11) is 0. The Morgan fingerprint density at radius 1 is 1.19 bits per heavy atom. The zero-order valence-corrected chi connectivity index (χ0v) is 16.9. The van der Waals surface area contributed by atoms with Gasteiger partial charge >= 0.3 is 0 Å². The van der Waals surface area contributed by atoms with Gasteiger partial charge < -0.3 is 10.6 Å². The maximum absolute atomic E-state index is 13.0. The van der Waals surface area contributed by atoms with Crippen LogP contribution < -0.4 is 10.6 Å². The highest BCUT2D eigenvalue weighted by Gasteiger charge is 2.28. The van der Waals surface area contributed by atoms with E-state index in [1.165, 1.54) is 12.8 Å². The van der Waals surface area contributed by atoms with Gasteiger partial charge in [0.15, 0.2) is 0 Å². The molecule has 1 aromatic carbocycles. The van der Waals surface area contributed by atoms with Crippen LogP contribution in [0.5, 0.6) is 0 Å². The van der Waals surface area contributed by atoms with Crippen LogP contribution in [0.3, 0.4) is 0 Å². The number of carbonyl (C=O) groups excluding carboxylic acids is 1. The minimum Gasteiger partial charge on any atom is -0.348 e. The van der Waals surface area contributed by atoms with Gasteiger partial charge in [-0.1, -0.05) is 18.6 Å². The van der Waals surface area contributed by atoms with Crippen molar-refractivity contribution in [2.45, 2.75) is 45.1 Å². The lowest BCUT2D eigenvalue weighted by Crippen LogP contribution is -2.50. The zero-order chi connectivity index (χ0) is 16.7. The van der Waals surface area contributed by atoms with Crippen molar-refractivity contribution >= 4 is 41.6 Å². The van der Waals surface area contributed by atoms with E-state index in [4.69, 9.17) is 4.98 Å². The van der Waals surface area contributed by atoms with Crippen molar-refractivity contribution in [1.29, 1.82) is 0 Å². The van der Waals surface area contributed by atoms with Gasteiger partial charge in [0.05, 0.1) is 11.1 Å². The minimum absolute atomic E-state index is 0. The number of hydrogen-bond donors (Lipinski definition) is 2. The fourth-order valence-corrected chi connectivity index (χ4v) is 3.57. The SMILES string of the molecule is Cc1ccc2nc(C3CC3)cc(C(=O)NC3CNCCC3C)c2c1.Cl.Cl. The van der Waals surface area contributed by atoms with E-state index >= 15 is 0 Å². The predicted molar refractivity (Wildman–Crippen MR) is 111 cm³/mol. The van der Waals surface area contributed by atoms with Gasteiger partial charge in [-0.15, -0.1) is 24.8 Å². The van der Waals surface area contributed by atoms with Gasteiger partial charge in [0.1, 0.15) is 0 Å². The highest BCUT2D eigenvalue weighted by atomic mass is 35.5. The number of rotatable bonds is 3. The smallest absolute Gasteiger partial charge is 0.252 e. The van der Waals surface area contributed by atoms with E-state index in [2.05, 4.69) is 36.6 Å². The third kappa shape index (κ3) is 4.30. The van der Waals surface area contributed by atoms with Gasteiger partial charge in [0, 0.05) is 29.6 Å². The van der Waals surface area contributed by atoms with Crippen LogP contribution in [0.4, 0.5) is 0 Å². The Morgan fingerprint density at radius 3 is 2.65 bits per heavy atom. The van der Waals surface area contributed by atoms with Gasteiger partial charge in [-0.05, 0) is 56.8 Å². The van der Waals surface area contributed by atoms with E-state index in [9.17, 15) is 4.79 Å². The first-order valence-electron chi connectivity index (χ1n) is 9.04. The van der Waals surface area contributed by atoms with Crippen molar-refractivity contribution in [1.82, 2.24) is 15.6 Å². The maximum atomic E-state index is 13.0. The molecule has 1 aliphatic carbocycles. The fraction of sp³-hybridized carbons (Fsp3) is 0.500. The molecule has 0 bridgehead atoms. The Bertz CT molecular complexity index is 792.